The normalized spacial score (nSPS) is 33.2. The number of unbranched alkanes of at least 4 members (excludes halogenated alkanes) is 1. The SMILES string of the molecule is CCCCC1CCC2CC(C3CCc4cc(OC)cc(F)c4C3)CCC2C1. The first-order valence-corrected chi connectivity index (χ1v) is 11.5. The van der Waals surface area contributed by atoms with Gasteiger partial charge in [0.05, 0.1) is 7.11 Å². The molecule has 1 aromatic rings. The van der Waals surface area contributed by atoms with Gasteiger partial charge in [-0.15, -0.1) is 0 Å². The van der Waals surface area contributed by atoms with Crippen LogP contribution in [0.2, 0.25) is 0 Å². The fraction of sp³-hybridized carbons (Fsp3) is 0.760. The van der Waals surface area contributed by atoms with Gasteiger partial charge < -0.3 is 4.74 Å². The third-order valence-corrected chi connectivity index (χ3v) is 8.14. The summed E-state index contributed by atoms with van der Waals surface area (Å²) in [5.74, 6) is 5.11. The van der Waals surface area contributed by atoms with E-state index in [4.69, 9.17) is 4.74 Å². The Morgan fingerprint density at radius 3 is 2.48 bits per heavy atom. The molecular weight excluding hydrogens is 335 g/mol. The number of rotatable bonds is 5. The molecule has 2 saturated carbocycles. The van der Waals surface area contributed by atoms with Crippen LogP contribution in [0.4, 0.5) is 4.39 Å². The molecule has 2 fully saturated rings. The number of fused-ring (bicyclic) bond motifs is 2. The fourth-order valence-electron chi connectivity index (χ4n) is 6.55. The van der Waals surface area contributed by atoms with Crippen molar-refractivity contribution in [3.05, 3.63) is 29.1 Å². The van der Waals surface area contributed by atoms with E-state index in [0.717, 1.165) is 42.1 Å². The van der Waals surface area contributed by atoms with Gasteiger partial charge in [-0.25, -0.2) is 4.39 Å². The van der Waals surface area contributed by atoms with Crippen molar-refractivity contribution in [2.24, 2.45) is 29.6 Å². The second-order valence-corrected chi connectivity index (χ2v) is 9.66. The van der Waals surface area contributed by atoms with Crippen LogP contribution in [0.5, 0.6) is 5.75 Å². The molecule has 5 atom stereocenters. The van der Waals surface area contributed by atoms with Gasteiger partial charge in [0.1, 0.15) is 11.6 Å². The molecule has 0 saturated heterocycles. The van der Waals surface area contributed by atoms with E-state index in [9.17, 15) is 4.39 Å². The molecule has 150 valence electrons. The van der Waals surface area contributed by atoms with E-state index in [1.807, 2.05) is 0 Å². The quantitative estimate of drug-likeness (QED) is 0.543. The number of hydrogen-bond donors (Lipinski definition) is 0. The number of ether oxygens (including phenoxy) is 1. The Morgan fingerprint density at radius 1 is 0.963 bits per heavy atom. The van der Waals surface area contributed by atoms with Crippen LogP contribution in [0.3, 0.4) is 0 Å². The van der Waals surface area contributed by atoms with Gasteiger partial charge in [-0.05, 0) is 98.1 Å². The summed E-state index contributed by atoms with van der Waals surface area (Å²) >= 11 is 0. The monoisotopic (exact) mass is 372 g/mol. The molecule has 0 aromatic heterocycles. The highest BCUT2D eigenvalue weighted by Gasteiger charge is 2.38. The molecule has 1 nitrogen and oxygen atoms in total. The average molecular weight is 373 g/mol. The topological polar surface area (TPSA) is 9.23 Å². The minimum atomic E-state index is -0.0424. The standard InChI is InChI=1S/C25H37FO/c1-3-4-5-17-6-7-19-13-20(9-8-18(19)12-17)21-10-11-22-14-23(27-2)16-25(26)24(22)15-21/h14,16-21H,3-13,15H2,1-2H3. The summed E-state index contributed by atoms with van der Waals surface area (Å²) in [6, 6.07) is 3.64. The highest BCUT2D eigenvalue weighted by Crippen LogP contribution is 2.49. The number of aryl methyl sites for hydroxylation is 1. The van der Waals surface area contributed by atoms with Crippen molar-refractivity contribution < 1.29 is 9.13 Å². The van der Waals surface area contributed by atoms with Crippen molar-refractivity contribution in [2.75, 3.05) is 7.11 Å². The van der Waals surface area contributed by atoms with Gasteiger partial charge in [0, 0.05) is 6.07 Å². The van der Waals surface area contributed by atoms with Crippen molar-refractivity contribution in [1.29, 1.82) is 0 Å². The highest BCUT2D eigenvalue weighted by atomic mass is 19.1. The second kappa shape index (κ2) is 8.53. The lowest BCUT2D eigenvalue weighted by molar-refractivity contribution is 0.0688. The Hall–Kier alpha value is -1.05. The Bertz CT molecular complexity index is 639. The lowest BCUT2D eigenvalue weighted by atomic mass is 9.61. The van der Waals surface area contributed by atoms with E-state index in [-0.39, 0.29) is 5.82 Å². The molecule has 4 rings (SSSR count). The summed E-state index contributed by atoms with van der Waals surface area (Å²) in [6.07, 6.45) is 16.1. The van der Waals surface area contributed by atoms with Gasteiger partial charge in [0.2, 0.25) is 0 Å². The molecule has 0 amide bonds. The molecule has 2 heteroatoms. The predicted molar refractivity (Wildman–Crippen MR) is 110 cm³/mol. The van der Waals surface area contributed by atoms with Crippen LogP contribution in [-0.4, -0.2) is 7.11 Å². The fourth-order valence-corrected chi connectivity index (χ4v) is 6.55. The number of benzene rings is 1. The zero-order valence-electron chi connectivity index (χ0n) is 17.3. The molecule has 0 bridgehead atoms. The van der Waals surface area contributed by atoms with Crippen molar-refractivity contribution in [2.45, 2.75) is 84.0 Å². The van der Waals surface area contributed by atoms with Gasteiger partial charge in [-0.1, -0.05) is 32.6 Å². The lowest BCUT2D eigenvalue weighted by Gasteiger charge is -2.45. The lowest BCUT2D eigenvalue weighted by Crippen LogP contribution is -2.35. The zero-order valence-corrected chi connectivity index (χ0v) is 17.3. The van der Waals surface area contributed by atoms with Crippen molar-refractivity contribution in [3.8, 4) is 5.75 Å². The average Bonchev–Trinajstić information content (AvgIpc) is 2.71. The van der Waals surface area contributed by atoms with E-state index >= 15 is 0 Å². The third kappa shape index (κ3) is 4.20. The summed E-state index contributed by atoms with van der Waals surface area (Å²) in [5, 5.41) is 0. The molecule has 1 aromatic carbocycles. The van der Waals surface area contributed by atoms with Gasteiger partial charge >= 0.3 is 0 Å². The molecule has 5 unspecified atom stereocenters. The summed E-state index contributed by atoms with van der Waals surface area (Å²) in [6.45, 7) is 2.32. The largest absolute Gasteiger partial charge is 0.497 e. The van der Waals surface area contributed by atoms with E-state index in [0.29, 0.717) is 11.7 Å². The first kappa shape index (κ1) is 19.3. The van der Waals surface area contributed by atoms with Gasteiger partial charge in [0.15, 0.2) is 0 Å². The third-order valence-electron chi connectivity index (χ3n) is 8.14. The van der Waals surface area contributed by atoms with E-state index in [1.54, 1.807) is 13.2 Å². The molecule has 0 aliphatic heterocycles. The van der Waals surface area contributed by atoms with Gasteiger partial charge in [-0.3, -0.25) is 0 Å². The molecule has 0 heterocycles. The Labute approximate surface area is 165 Å². The van der Waals surface area contributed by atoms with Crippen LogP contribution in [0.15, 0.2) is 12.1 Å². The molecule has 3 aliphatic carbocycles. The van der Waals surface area contributed by atoms with Crippen LogP contribution in [0, 0.1) is 35.4 Å². The van der Waals surface area contributed by atoms with Crippen LogP contribution < -0.4 is 4.74 Å². The Balaban J connectivity index is 1.36. The zero-order chi connectivity index (χ0) is 18.8. The van der Waals surface area contributed by atoms with E-state index < -0.39 is 0 Å². The molecule has 0 N–H and O–H groups in total. The van der Waals surface area contributed by atoms with E-state index in [2.05, 4.69) is 13.0 Å². The number of halogens is 1. The smallest absolute Gasteiger partial charge is 0.130 e. The molecule has 0 radical (unpaired) electrons. The summed E-state index contributed by atoms with van der Waals surface area (Å²) in [7, 11) is 1.63. The van der Waals surface area contributed by atoms with Gasteiger partial charge in [0.25, 0.3) is 0 Å². The maximum atomic E-state index is 14.6. The van der Waals surface area contributed by atoms with Crippen LogP contribution >= 0.6 is 0 Å². The van der Waals surface area contributed by atoms with Crippen molar-refractivity contribution in [3.63, 3.8) is 0 Å². The minimum Gasteiger partial charge on any atom is -0.497 e. The summed E-state index contributed by atoms with van der Waals surface area (Å²) in [5.41, 5.74) is 2.17. The highest BCUT2D eigenvalue weighted by molar-refractivity contribution is 5.38. The van der Waals surface area contributed by atoms with Crippen LogP contribution in [-0.2, 0) is 12.8 Å². The van der Waals surface area contributed by atoms with Crippen molar-refractivity contribution in [1.82, 2.24) is 0 Å². The Morgan fingerprint density at radius 2 is 1.70 bits per heavy atom. The summed E-state index contributed by atoms with van der Waals surface area (Å²) in [4.78, 5) is 0. The molecular formula is C25H37FO. The number of methoxy groups -OCH3 is 1. The van der Waals surface area contributed by atoms with E-state index in [1.165, 1.54) is 69.8 Å². The Kier molecular flexibility index (Phi) is 6.09. The van der Waals surface area contributed by atoms with Gasteiger partial charge in [-0.2, -0.15) is 0 Å². The molecule has 27 heavy (non-hydrogen) atoms. The predicted octanol–water partition coefficient (Wildman–Crippen LogP) is 6.96. The van der Waals surface area contributed by atoms with Crippen LogP contribution in [0.25, 0.3) is 0 Å². The number of hydrogen-bond acceptors (Lipinski definition) is 1. The first-order valence-electron chi connectivity index (χ1n) is 11.5. The molecule has 3 aliphatic rings. The van der Waals surface area contributed by atoms with Crippen molar-refractivity contribution >= 4 is 0 Å². The van der Waals surface area contributed by atoms with Crippen LogP contribution in [0.1, 0.15) is 82.3 Å². The first-order chi connectivity index (χ1) is 13.2. The maximum absolute atomic E-state index is 14.6. The maximum Gasteiger partial charge on any atom is 0.130 e. The second-order valence-electron chi connectivity index (χ2n) is 9.66. The molecule has 0 spiro atoms. The minimum absolute atomic E-state index is 0.0424. The summed E-state index contributed by atoms with van der Waals surface area (Å²) < 4.78 is 19.8.